The Balaban J connectivity index is 2.28. The van der Waals surface area contributed by atoms with E-state index in [1.54, 1.807) is 13.1 Å². The molecule has 10 heteroatoms. The number of carbonyl (C=O) groups excluding carboxylic acids is 2. The highest BCUT2D eigenvalue weighted by atomic mass is 16.1. The Morgan fingerprint density at radius 2 is 2.15 bits per heavy atom. The van der Waals surface area contributed by atoms with Crippen molar-refractivity contribution in [2.75, 3.05) is 18.4 Å². The van der Waals surface area contributed by atoms with E-state index in [2.05, 4.69) is 25.3 Å². The molecule has 1 aliphatic carbocycles. The molecule has 1 heterocycles. The Bertz CT molecular complexity index is 727. The molecule has 1 aromatic rings. The smallest absolute Gasteiger partial charge is 0.271 e. The third kappa shape index (κ3) is 5.59. The number of anilines is 1. The molecule has 0 bridgehead atoms. The van der Waals surface area contributed by atoms with Crippen molar-refractivity contribution in [3.05, 3.63) is 11.9 Å². The van der Waals surface area contributed by atoms with Crippen LogP contribution in [0.3, 0.4) is 0 Å². The molecule has 140 valence electrons. The van der Waals surface area contributed by atoms with Gasteiger partial charge in [-0.15, -0.1) is 0 Å². The van der Waals surface area contributed by atoms with E-state index in [1.165, 1.54) is 19.0 Å². The molecule has 0 unspecified atom stereocenters. The molecule has 1 atom stereocenters. The van der Waals surface area contributed by atoms with Crippen LogP contribution >= 0.6 is 0 Å². The van der Waals surface area contributed by atoms with Gasteiger partial charge in [0.2, 0.25) is 5.91 Å². The van der Waals surface area contributed by atoms with Gasteiger partial charge < -0.3 is 22.5 Å². The highest BCUT2D eigenvalue weighted by Gasteiger charge is 2.20. The molecule has 26 heavy (non-hydrogen) atoms. The quantitative estimate of drug-likeness (QED) is 0.419. The lowest BCUT2D eigenvalue weighted by Gasteiger charge is -2.14. The molecule has 10 nitrogen and oxygen atoms in total. The Morgan fingerprint density at radius 3 is 2.69 bits per heavy atom. The number of aliphatic imine (C=N–C) groups is 2. The largest absolute Gasteiger partial charge is 0.368 e. The maximum absolute atomic E-state index is 11.6. The van der Waals surface area contributed by atoms with Gasteiger partial charge in [-0.05, 0) is 25.2 Å². The maximum Gasteiger partial charge on any atom is 0.271 e. The molecule has 2 rings (SSSR count). The van der Waals surface area contributed by atoms with Crippen LogP contribution in [0, 0.1) is 5.92 Å². The normalized spacial score (nSPS) is 15.8. The van der Waals surface area contributed by atoms with E-state index in [0.29, 0.717) is 18.1 Å². The summed E-state index contributed by atoms with van der Waals surface area (Å²) < 4.78 is 0. The second-order valence-electron chi connectivity index (χ2n) is 6.04. The molecule has 1 fully saturated rings. The monoisotopic (exact) mass is 360 g/mol. The van der Waals surface area contributed by atoms with Crippen molar-refractivity contribution < 1.29 is 9.59 Å². The molecule has 0 spiro atoms. The third-order valence-corrected chi connectivity index (χ3v) is 3.82. The van der Waals surface area contributed by atoms with Gasteiger partial charge in [0.1, 0.15) is 11.9 Å². The van der Waals surface area contributed by atoms with Crippen LogP contribution in [0.25, 0.3) is 0 Å². The van der Waals surface area contributed by atoms with Gasteiger partial charge in [-0.3, -0.25) is 14.6 Å². The SMILES string of the molecule is CC[C@@H](Nc1cnc(C(N)=O)c(N=C(C=NCC2CC2)CN)n1)C(N)=O. The van der Waals surface area contributed by atoms with E-state index in [-0.39, 0.29) is 23.9 Å². The molecule has 7 N–H and O–H groups in total. The minimum Gasteiger partial charge on any atom is -0.368 e. The molecule has 1 aliphatic rings. The van der Waals surface area contributed by atoms with Crippen LogP contribution in [0.15, 0.2) is 16.2 Å². The fourth-order valence-electron chi connectivity index (χ4n) is 2.12. The van der Waals surface area contributed by atoms with Crippen molar-refractivity contribution in [1.29, 1.82) is 0 Å². The van der Waals surface area contributed by atoms with Gasteiger partial charge >= 0.3 is 0 Å². The first-order valence-corrected chi connectivity index (χ1v) is 8.44. The highest BCUT2D eigenvalue weighted by Crippen LogP contribution is 2.28. The number of nitrogens with one attached hydrogen (secondary N) is 1. The van der Waals surface area contributed by atoms with Gasteiger partial charge in [0.15, 0.2) is 11.5 Å². The van der Waals surface area contributed by atoms with E-state index in [1.807, 2.05) is 0 Å². The van der Waals surface area contributed by atoms with Crippen LogP contribution < -0.4 is 22.5 Å². The van der Waals surface area contributed by atoms with Crippen LogP contribution in [0.4, 0.5) is 11.6 Å². The van der Waals surface area contributed by atoms with Gasteiger partial charge in [-0.25, -0.2) is 15.0 Å². The Kier molecular flexibility index (Phi) is 6.73. The predicted octanol–water partition coefficient (Wildman–Crippen LogP) is -0.237. The number of nitrogens with two attached hydrogens (primary N) is 3. The zero-order valence-corrected chi connectivity index (χ0v) is 14.7. The van der Waals surface area contributed by atoms with E-state index in [0.717, 1.165) is 6.54 Å². The van der Waals surface area contributed by atoms with E-state index in [4.69, 9.17) is 17.2 Å². The summed E-state index contributed by atoms with van der Waals surface area (Å²) in [6, 6.07) is -0.616. The van der Waals surface area contributed by atoms with E-state index in [9.17, 15) is 9.59 Å². The summed E-state index contributed by atoms with van der Waals surface area (Å²) in [5.74, 6) is -0.381. The van der Waals surface area contributed by atoms with E-state index < -0.39 is 17.9 Å². The second-order valence-corrected chi connectivity index (χ2v) is 6.04. The lowest BCUT2D eigenvalue weighted by molar-refractivity contribution is -0.118. The van der Waals surface area contributed by atoms with Gasteiger partial charge in [0, 0.05) is 19.3 Å². The topological polar surface area (TPSA) is 175 Å². The molecule has 1 aromatic heterocycles. The predicted molar refractivity (Wildman–Crippen MR) is 99.7 cm³/mol. The van der Waals surface area contributed by atoms with Crippen LogP contribution in [0.2, 0.25) is 0 Å². The summed E-state index contributed by atoms with van der Waals surface area (Å²) in [6.07, 6.45) is 5.72. The van der Waals surface area contributed by atoms with Gasteiger partial charge in [0.25, 0.3) is 5.91 Å². The molecule has 1 saturated carbocycles. The first kappa shape index (κ1) is 19.4. The molecule has 0 aliphatic heterocycles. The fourth-order valence-corrected chi connectivity index (χ4v) is 2.12. The molecule has 2 amide bonds. The van der Waals surface area contributed by atoms with Crippen molar-refractivity contribution >= 4 is 35.4 Å². The summed E-state index contributed by atoms with van der Waals surface area (Å²) >= 11 is 0. The number of hydrogen-bond acceptors (Lipinski definition) is 8. The van der Waals surface area contributed by atoms with Gasteiger partial charge in [-0.1, -0.05) is 6.92 Å². The summed E-state index contributed by atoms with van der Waals surface area (Å²) in [5.41, 5.74) is 16.7. The molecule has 0 aromatic carbocycles. The fraction of sp³-hybridized carbons (Fsp3) is 0.500. The second kappa shape index (κ2) is 8.99. The molecule has 0 radical (unpaired) electrons. The third-order valence-electron chi connectivity index (χ3n) is 3.82. The van der Waals surface area contributed by atoms with Gasteiger partial charge in [0.05, 0.1) is 11.9 Å². The van der Waals surface area contributed by atoms with Crippen molar-refractivity contribution in [1.82, 2.24) is 9.97 Å². The summed E-state index contributed by atoms with van der Waals surface area (Å²) in [4.78, 5) is 39.7. The summed E-state index contributed by atoms with van der Waals surface area (Å²) in [5, 5.41) is 2.86. The minimum atomic E-state index is -0.768. The number of amides is 2. The minimum absolute atomic E-state index is 0.0140. The van der Waals surface area contributed by atoms with Crippen LogP contribution in [0.5, 0.6) is 0 Å². The standard InChI is InChI=1S/C16H24N8O2/c1-2-11(14(18)25)23-12-8-21-13(15(19)26)16(24-12)22-10(5-17)7-20-6-9-3-4-9/h7-9,11H,2-6,17H2,1H3,(H2,18,25)(H2,19,26)(H,23,24)/t11-/m1/s1. The number of rotatable bonds is 10. The first-order chi connectivity index (χ1) is 12.4. The Labute approximate surface area is 151 Å². The van der Waals surface area contributed by atoms with Crippen molar-refractivity contribution in [3.63, 3.8) is 0 Å². The first-order valence-electron chi connectivity index (χ1n) is 8.44. The maximum atomic E-state index is 11.6. The molecular formula is C16H24N8O2. The number of hydrogen-bond donors (Lipinski definition) is 4. The van der Waals surface area contributed by atoms with Gasteiger partial charge in [-0.2, -0.15) is 0 Å². The van der Waals surface area contributed by atoms with Crippen molar-refractivity contribution in [2.24, 2.45) is 33.1 Å². The lowest BCUT2D eigenvalue weighted by Crippen LogP contribution is -2.35. The van der Waals surface area contributed by atoms with Crippen LogP contribution in [0.1, 0.15) is 36.7 Å². The molecule has 0 saturated heterocycles. The Hall–Kier alpha value is -2.88. The van der Waals surface area contributed by atoms with Crippen LogP contribution in [-0.4, -0.2) is 52.8 Å². The number of primary amides is 2. The number of nitrogens with zero attached hydrogens (tertiary/aromatic N) is 4. The summed E-state index contributed by atoms with van der Waals surface area (Å²) in [6.45, 7) is 2.64. The van der Waals surface area contributed by atoms with Crippen LogP contribution in [-0.2, 0) is 4.79 Å². The lowest BCUT2D eigenvalue weighted by atomic mass is 10.2. The Morgan fingerprint density at radius 1 is 1.42 bits per heavy atom. The zero-order chi connectivity index (χ0) is 19.1. The highest BCUT2D eigenvalue weighted by molar-refractivity contribution is 6.32. The zero-order valence-electron chi connectivity index (χ0n) is 14.7. The number of carbonyl (C=O) groups is 2. The van der Waals surface area contributed by atoms with Crippen molar-refractivity contribution in [2.45, 2.75) is 32.2 Å². The average Bonchev–Trinajstić information content (AvgIpc) is 3.42. The summed E-state index contributed by atoms with van der Waals surface area (Å²) in [7, 11) is 0. The van der Waals surface area contributed by atoms with Crippen molar-refractivity contribution in [3.8, 4) is 0 Å². The average molecular weight is 360 g/mol. The number of aromatic nitrogens is 2. The molecular weight excluding hydrogens is 336 g/mol. The van der Waals surface area contributed by atoms with E-state index >= 15 is 0 Å².